The van der Waals surface area contributed by atoms with E-state index in [9.17, 15) is 0 Å². The molecule has 0 aliphatic rings. The van der Waals surface area contributed by atoms with E-state index >= 15 is 0 Å². The summed E-state index contributed by atoms with van der Waals surface area (Å²) in [6.45, 7) is 3.94. The number of nitrogens with zero attached hydrogens (tertiary/aromatic N) is 1. The summed E-state index contributed by atoms with van der Waals surface area (Å²) in [5, 5.41) is 0. The number of hydrogen-bond acceptors (Lipinski definition) is 4. The fourth-order valence-electron chi connectivity index (χ4n) is 2.41. The highest BCUT2D eigenvalue weighted by Crippen LogP contribution is 2.22. The second-order valence-corrected chi connectivity index (χ2v) is 6.27. The van der Waals surface area contributed by atoms with E-state index in [0.29, 0.717) is 17.4 Å². The molecule has 0 atom stereocenters. The van der Waals surface area contributed by atoms with Gasteiger partial charge in [0.2, 0.25) is 5.90 Å². The van der Waals surface area contributed by atoms with Crippen LogP contribution in [0, 0.1) is 6.92 Å². The summed E-state index contributed by atoms with van der Waals surface area (Å²) >= 11 is 0. The summed E-state index contributed by atoms with van der Waals surface area (Å²) < 4.78 is 17.1. The predicted octanol–water partition coefficient (Wildman–Crippen LogP) is 6.10. The quantitative estimate of drug-likeness (QED) is 0.298. The van der Waals surface area contributed by atoms with Crippen LogP contribution in [0.4, 0.5) is 5.69 Å². The van der Waals surface area contributed by atoms with Crippen LogP contribution in [-0.2, 0) is 0 Å². The van der Waals surface area contributed by atoms with E-state index in [1.165, 1.54) is 5.56 Å². The lowest BCUT2D eigenvalue weighted by molar-refractivity contribution is 0.411. The van der Waals surface area contributed by atoms with E-state index in [-0.39, 0.29) is 0 Å². The van der Waals surface area contributed by atoms with Crippen LogP contribution >= 0.6 is 0 Å². The number of rotatable bonds is 6. The first-order valence-corrected chi connectivity index (χ1v) is 9.00. The Bertz CT molecular complexity index is 961. The van der Waals surface area contributed by atoms with Crippen LogP contribution in [0.2, 0.25) is 0 Å². The first-order chi connectivity index (χ1) is 13.6. The zero-order valence-corrected chi connectivity index (χ0v) is 16.3. The van der Waals surface area contributed by atoms with Gasteiger partial charge in [0, 0.05) is 11.6 Å². The standard InChI is InChI=1S/C24H23NO3/c1-18-12-14-21(15-13-18)27-17-19(2)24(25-20-8-5-4-6-9-20)28-23-11-7-10-22(16-23)26-3/h4-17H,1-3H3. The molecule has 3 rings (SSSR count). The highest BCUT2D eigenvalue weighted by atomic mass is 16.5. The van der Waals surface area contributed by atoms with Gasteiger partial charge in [-0.2, -0.15) is 0 Å². The molecule has 0 heterocycles. The molecule has 0 aromatic heterocycles. The molecule has 28 heavy (non-hydrogen) atoms. The third-order valence-electron chi connectivity index (χ3n) is 3.97. The van der Waals surface area contributed by atoms with Gasteiger partial charge in [-0.15, -0.1) is 0 Å². The number of aliphatic imine (C=N–C) groups is 1. The summed E-state index contributed by atoms with van der Waals surface area (Å²) in [7, 11) is 1.62. The van der Waals surface area contributed by atoms with Crippen molar-refractivity contribution in [2.75, 3.05) is 7.11 Å². The number of benzene rings is 3. The second kappa shape index (κ2) is 9.42. The molecular formula is C24H23NO3. The maximum atomic E-state index is 6.05. The Morgan fingerprint density at radius 3 is 2.25 bits per heavy atom. The van der Waals surface area contributed by atoms with E-state index in [4.69, 9.17) is 14.2 Å². The van der Waals surface area contributed by atoms with Crippen molar-refractivity contribution in [1.29, 1.82) is 0 Å². The fraction of sp³-hybridized carbons (Fsp3) is 0.125. The molecule has 0 amide bonds. The molecule has 0 bridgehead atoms. The van der Waals surface area contributed by atoms with Crippen LogP contribution in [0.3, 0.4) is 0 Å². The fourth-order valence-corrected chi connectivity index (χ4v) is 2.41. The van der Waals surface area contributed by atoms with Gasteiger partial charge in [0.15, 0.2) is 0 Å². The normalized spacial score (nSPS) is 11.8. The van der Waals surface area contributed by atoms with Crippen molar-refractivity contribution >= 4 is 11.6 Å². The van der Waals surface area contributed by atoms with Crippen LogP contribution in [0.25, 0.3) is 0 Å². The molecule has 142 valence electrons. The van der Waals surface area contributed by atoms with Crippen molar-refractivity contribution in [2.24, 2.45) is 4.99 Å². The lowest BCUT2D eigenvalue weighted by atomic mass is 10.2. The van der Waals surface area contributed by atoms with Gasteiger partial charge >= 0.3 is 0 Å². The highest BCUT2D eigenvalue weighted by molar-refractivity contribution is 5.96. The van der Waals surface area contributed by atoms with Crippen molar-refractivity contribution in [2.45, 2.75) is 13.8 Å². The summed E-state index contributed by atoms with van der Waals surface area (Å²) in [4.78, 5) is 4.64. The minimum atomic E-state index is 0.451. The van der Waals surface area contributed by atoms with Crippen LogP contribution < -0.4 is 14.2 Å². The Balaban J connectivity index is 1.87. The zero-order valence-electron chi connectivity index (χ0n) is 16.3. The van der Waals surface area contributed by atoms with Gasteiger partial charge in [-0.1, -0.05) is 42.0 Å². The van der Waals surface area contributed by atoms with Gasteiger partial charge in [0.25, 0.3) is 0 Å². The lowest BCUT2D eigenvalue weighted by Gasteiger charge is -2.11. The average molecular weight is 373 g/mol. The molecule has 0 radical (unpaired) electrons. The first-order valence-electron chi connectivity index (χ1n) is 9.00. The minimum Gasteiger partial charge on any atom is -0.497 e. The minimum absolute atomic E-state index is 0.451. The molecule has 3 aromatic carbocycles. The molecule has 0 fully saturated rings. The van der Waals surface area contributed by atoms with E-state index in [2.05, 4.69) is 4.99 Å². The van der Waals surface area contributed by atoms with E-state index in [1.807, 2.05) is 92.7 Å². The third kappa shape index (κ3) is 5.48. The Morgan fingerprint density at radius 1 is 0.821 bits per heavy atom. The van der Waals surface area contributed by atoms with Gasteiger partial charge in [-0.25, -0.2) is 4.99 Å². The summed E-state index contributed by atoms with van der Waals surface area (Å²) in [5.74, 6) is 2.56. The number of methoxy groups -OCH3 is 1. The number of ether oxygens (including phenoxy) is 3. The highest BCUT2D eigenvalue weighted by Gasteiger charge is 2.09. The molecule has 3 aromatic rings. The molecule has 4 nitrogen and oxygen atoms in total. The molecular weight excluding hydrogens is 350 g/mol. The average Bonchev–Trinajstić information content (AvgIpc) is 2.73. The lowest BCUT2D eigenvalue weighted by Crippen LogP contribution is -2.11. The predicted molar refractivity (Wildman–Crippen MR) is 113 cm³/mol. The second-order valence-electron chi connectivity index (χ2n) is 6.27. The molecule has 0 aliphatic carbocycles. The molecule has 0 spiro atoms. The number of aryl methyl sites for hydroxylation is 1. The van der Waals surface area contributed by atoms with Crippen molar-refractivity contribution in [3.8, 4) is 17.2 Å². The van der Waals surface area contributed by atoms with Crippen LogP contribution in [0.15, 0.2) is 95.7 Å². The molecule has 0 aliphatic heterocycles. The first kappa shape index (κ1) is 19.2. The van der Waals surface area contributed by atoms with Crippen LogP contribution in [-0.4, -0.2) is 13.0 Å². The van der Waals surface area contributed by atoms with Gasteiger partial charge in [0.1, 0.15) is 17.2 Å². The van der Waals surface area contributed by atoms with E-state index in [0.717, 1.165) is 17.0 Å². The Kier molecular flexibility index (Phi) is 6.47. The smallest absolute Gasteiger partial charge is 0.225 e. The third-order valence-corrected chi connectivity index (χ3v) is 3.97. The molecule has 4 heteroatoms. The zero-order chi connectivity index (χ0) is 19.8. The summed E-state index contributed by atoms with van der Waals surface area (Å²) in [6, 6.07) is 24.9. The van der Waals surface area contributed by atoms with Crippen molar-refractivity contribution in [3.63, 3.8) is 0 Å². The van der Waals surface area contributed by atoms with Gasteiger partial charge in [-0.3, -0.25) is 0 Å². The van der Waals surface area contributed by atoms with Gasteiger partial charge in [-0.05, 0) is 50.2 Å². The molecule has 0 N–H and O–H groups in total. The summed E-state index contributed by atoms with van der Waals surface area (Å²) in [5.41, 5.74) is 2.73. The van der Waals surface area contributed by atoms with Crippen molar-refractivity contribution in [3.05, 3.63) is 96.3 Å². The van der Waals surface area contributed by atoms with Crippen molar-refractivity contribution < 1.29 is 14.2 Å². The van der Waals surface area contributed by atoms with E-state index < -0.39 is 0 Å². The Morgan fingerprint density at radius 2 is 1.54 bits per heavy atom. The maximum Gasteiger partial charge on any atom is 0.225 e. The van der Waals surface area contributed by atoms with Crippen LogP contribution in [0.5, 0.6) is 17.2 Å². The number of hydrogen-bond donors (Lipinski definition) is 0. The topological polar surface area (TPSA) is 40.0 Å². The Labute approximate surface area is 165 Å². The molecule has 0 saturated heterocycles. The van der Waals surface area contributed by atoms with E-state index in [1.54, 1.807) is 13.4 Å². The SMILES string of the molecule is COc1cccc(OC(=Nc2ccccc2)C(C)=COc2ccc(C)cc2)c1. The Hall–Kier alpha value is -3.53. The monoisotopic (exact) mass is 373 g/mol. The van der Waals surface area contributed by atoms with Crippen LogP contribution in [0.1, 0.15) is 12.5 Å². The maximum absolute atomic E-state index is 6.05. The molecule has 0 unspecified atom stereocenters. The largest absolute Gasteiger partial charge is 0.497 e. The van der Waals surface area contributed by atoms with Gasteiger partial charge in [0.05, 0.1) is 19.1 Å². The van der Waals surface area contributed by atoms with Gasteiger partial charge < -0.3 is 14.2 Å². The van der Waals surface area contributed by atoms with Crippen molar-refractivity contribution in [1.82, 2.24) is 0 Å². The number of para-hydroxylation sites is 1. The summed E-state index contributed by atoms with van der Waals surface area (Å²) in [6.07, 6.45) is 1.65. The molecule has 0 saturated carbocycles.